The summed E-state index contributed by atoms with van der Waals surface area (Å²) >= 11 is 1.44. The number of nitrogens with one attached hydrogen (secondary N) is 1. The van der Waals surface area contributed by atoms with Crippen LogP contribution in [0.1, 0.15) is 0 Å². The van der Waals surface area contributed by atoms with Gasteiger partial charge in [-0.2, -0.15) is 0 Å². The average Bonchev–Trinajstić information content (AvgIpc) is 2.89. The lowest BCUT2D eigenvalue weighted by molar-refractivity contribution is -0.128. The van der Waals surface area contributed by atoms with E-state index in [-0.39, 0.29) is 5.91 Å². The molecule has 19 heavy (non-hydrogen) atoms. The van der Waals surface area contributed by atoms with E-state index in [1.165, 1.54) is 11.8 Å². The summed E-state index contributed by atoms with van der Waals surface area (Å²) in [7, 11) is 0. The molecule has 3 heterocycles. The molecule has 0 bridgehead atoms. The van der Waals surface area contributed by atoms with E-state index >= 15 is 0 Å². The molecule has 1 amide bonds. The highest BCUT2D eigenvalue weighted by atomic mass is 32.2. The Kier molecular flexibility index (Phi) is 3.65. The summed E-state index contributed by atoms with van der Waals surface area (Å²) in [5.41, 5.74) is 0.805. The Hall–Kier alpha value is -1.60. The summed E-state index contributed by atoms with van der Waals surface area (Å²) in [6.45, 7) is 3.34. The zero-order valence-corrected chi connectivity index (χ0v) is 11.3. The normalized spacial score (nSPS) is 15.9. The molecule has 0 unspecified atom stereocenters. The van der Waals surface area contributed by atoms with Crippen LogP contribution in [0.3, 0.4) is 0 Å². The van der Waals surface area contributed by atoms with Gasteiger partial charge in [0, 0.05) is 32.4 Å². The molecule has 0 spiro atoms. The van der Waals surface area contributed by atoms with Gasteiger partial charge in [-0.05, 0) is 12.1 Å². The van der Waals surface area contributed by atoms with Gasteiger partial charge in [-0.3, -0.25) is 9.20 Å². The molecule has 0 radical (unpaired) electrons. The highest BCUT2D eigenvalue weighted by molar-refractivity contribution is 7.99. The molecule has 7 heteroatoms. The Labute approximate surface area is 115 Å². The van der Waals surface area contributed by atoms with Crippen molar-refractivity contribution in [3.8, 4) is 0 Å². The molecule has 0 aromatic carbocycles. The van der Waals surface area contributed by atoms with E-state index in [1.54, 1.807) is 0 Å². The first-order valence-electron chi connectivity index (χ1n) is 6.25. The van der Waals surface area contributed by atoms with Gasteiger partial charge in [0.25, 0.3) is 0 Å². The quantitative estimate of drug-likeness (QED) is 0.815. The molecule has 1 aliphatic rings. The second-order valence-electron chi connectivity index (χ2n) is 4.33. The number of amides is 1. The number of nitrogens with zero attached hydrogens (tertiary/aromatic N) is 4. The largest absolute Gasteiger partial charge is 0.339 e. The molecule has 2 aromatic heterocycles. The first-order chi connectivity index (χ1) is 9.34. The molecule has 0 saturated carbocycles. The summed E-state index contributed by atoms with van der Waals surface area (Å²) in [6.07, 6.45) is 1.91. The number of piperazine rings is 1. The van der Waals surface area contributed by atoms with Crippen LogP contribution in [0, 0.1) is 0 Å². The molecular weight excluding hydrogens is 262 g/mol. The van der Waals surface area contributed by atoms with Crippen molar-refractivity contribution in [2.45, 2.75) is 5.16 Å². The number of carbonyl (C=O) groups excluding carboxylic acids is 1. The molecule has 1 N–H and O–H groups in total. The van der Waals surface area contributed by atoms with Crippen molar-refractivity contribution in [1.82, 2.24) is 24.8 Å². The van der Waals surface area contributed by atoms with Crippen LogP contribution in [0.25, 0.3) is 5.65 Å². The van der Waals surface area contributed by atoms with Crippen LogP contribution in [-0.2, 0) is 4.79 Å². The van der Waals surface area contributed by atoms with Crippen molar-refractivity contribution >= 4 is 23.3 Å². The highest BCUT2D eigenvalue weighted by Crippen LogP contribution is 2.17. The fourth-order valence-corrected chi connectivity index (χ4v) is 2.88. The standard InChI is InChI=1S/C12H15N5OS/c18-11(16-7-4-13-5-8-16)9-19-12-15-14-10-3-1-2-6-17(10)12/h1-3,6,13H,4-5,7-9H2. The summed E-state index contributed by atoms with van der Waals surface area (Å²) in [5, 5.41) is 12.2. The number of hydrogen-bond donors (Lipinski definition) is 1. The molecule has 1 fully saturated rings. The van der Waals surface area contributed by atoms with Crippen molar-refractivity contribution in [3.05, 3.63) is 24.4 Å². The Morgan fingerprint density at radius 1 is 1.32 bits per heavy atom. The van der Waals surface area contributed by atoms with E-state index in [1.807, 2.05) is 33.7 Å². The van der Waals surface area contributed by atoms with Gasteiger partial charge in [0.2, 0.25) is 5.91 Å². The Balaban J connectivity index is 1.64. The lowest BCUT2D eigenvalue weighted by Crippen LogP contribution is -2.47. The van der Waals surface area contributed by atoms with Crippen LogP contribution >= 0.6 is 11.8 Å². The maximum absolute atomic E-state index is 12.0. The Morgan fingerprint density at radius 2 is 2.16 bits per heavy atom. The van der Waals surface area contributed by atoms with Crippen LogP contribution in [0.15, 0.2) is 29.6 Å². The number of thioether (sulfide) groups is 1. The number of fused-ring (bicyclic) bond motifs is 1. The number of rotatable bonds is 3. The van der Waals surface area contributed by atoms with E-state index in [0.29, 0.717) is 5.75 Å². The van der Waals surface area contributed by atoms with E-state index in [4.69, 9.17) is 0 Å². The van der Waals surface area contributed by atoms with Crippen molar-refractivity contribution < 1.29 is 4.79 Å². The van der Waals surface area contributed by atoms with Crippen molar-refractivity contribution in [3.63, 3.8) is 0 Å². The molecule has 6 nitrogen and oxygen atoms in total. The fourth-order valence-electron chi connectivity index (χ4n) is 2.05. The third-order valence-electron chi connectivity index (χ3n) is 3.08. The molecule has 2 aromatic rings. The number of aromatic nitrogens is 3. The van der Waals surface area contributed by atoms with E-state index in [0.717, 1.165) is 37.0 Å². The minimum Gasteiger partial charge on any atom is -0.339 e. The third kappa shape index (κ3) is 2.71. The smallest absolute Gasteiger partial charge is 0.233 e. The minimum absolute atomic E-state index is 0.166. The first kappa shape index (κ1) is 12.4. The van der Waals surface area contributed by atoms with Crippen LogP contribution in [0.5, 0.6) is 0 Å². The molecule has 0 atom stereocenters. The van der Waals surface area contributed by atoms with Gasteiger partial charge in [-0.15, -0.1) is 10.2 Å². The van der Waals surface area contributed by atoms with Gasteiger partial charge >= 0.3 is 0 Å². The maximum Gasteiger partial charge on any atom is 0.233 e. The van der Waals surface area contributed by atoms with Gasteiger partial charge < -0.3 is 10.2 Å². The number of hydrogen-bond acceptors (Lipinski definition) is 5. The zero-order chi connectivity index (χ0) is 13.1. The zero-order valence-electron chi connectivity index (χ0n) is 10.5. The molecule has 100 valence electrons. The monoisotopic (exact) mass is 277 g/mol. The molecule has 0 aliphatic carbocycles. The van der Waals surface area contributed by atoms with Gasteiger partial charge in [-0.1, -0.05) is 17.8 Å². The Bertz CT molecular complexity index is 578. The molecular formula is C12H15N5OS. The minimum atomic E-state index is 0.166. The van der Waals surface area contributed by atoms with Crippen LogP contribution in [0.4, 0.5) is 0 Å². The predicted molar refractivity (Wildman–Crippen MR) is 73.2 cm³/mol. The van der Waals surface area contributed by atoms with Crippen LogP contribution in [-0.4, -0.2) is 57.3 Å². The van der Waals surface area contributed by atoms with E-state index in [9.17, 15) is 4.79 Å². The Morgan fingerprint density at radius 3 is 3.00 bits per heavy atom. The summed E-state index contributed by atoms with van der Waals surface area (Å²) in [4.78, 5) is 13.9. The lowest BCUT2D eigenvalue weighted by atomic mass is 10.3. The SMILES string of the molecule is O=C(CSc1nnc2ccccn12)N1CCNCC1. The third-order valence-corrected chi connectivity index (χ3v) is 4.00. The fraction of sp³-hybridized carbons (Fsp3) is 0.417. The molecule has 1 saturated heterocycles. The van der Waals surface area contributed by atoms with Gasteiger partial charge in [0.05, 0.1) is 5.75 Å². The second-order valence-corrected chi connectivity index (χ2v) is 5.27. The molecule has 3 rings (SSSR count). The van der Waals surface area contributed by atoms with Crippen molar-refractivity contribution in [2.24, 2.45) is 0 Å². The summed E-state index contributed by atoms with van der Waals surface area (Å²) < 4.78 is 1.90. The van der Waals surface area contributed by atoms with E-state index in [2.05, 4.69) is 15.5 Å². The summed E-state index contributed by atoms with van der Waals surface area (Å²) in [5.74, 6) is 0.578. The lowest BCUT2D eigenvalue weighted by Gasteiger charge is -2.27. The average molecular weight is 277 g/mol. The number of carbonyl (C=O) groups is 1. The highest BCUT2D eigenvalue weighted by Gasteiger charge is 2.17. The number of pyridine rings is 1. The van der Waals surface area contributed by atoms with Gasteiger partial charge in [0.15, 0.2) is 10.8 Å². The second kappa shape index (κ2) is 5.58. The van der Waals surface area contributed by atoms with Crippen molar-refractivity contribution in [1.29, 1.82) is 0 Å². The van der Waals surface area contributed by atoms with Crippen LogP contribution in [0.2, 0.25) is 0 Å². The predicted octanol–water partition coefficient (Wildman–Crippen LogP) is 0.253. The maximum atomic E-state index is 12.0. The first-order valence-corrected chi connectivity index (χ1v) is 7.24. The van der Waals surface area contributed by atoms with Crippen molar-refractivity contribution in [2.75, 3.05) is 31.9 Å². The summed E-state index contributed by atoms with van der Waals surface area (Å²) in [6, 6.07) is 5.75. The molecule has 1 aliphatic heterocycles. The van der Waals surface area contributed by atoms with E-state index < -0.39 is 0 Å². The topological polar surface area (TPSA) is 62.5 Å². The van der Waals surface area contributed by atoms with Gasteiger partial charge in [-0.25, -0.2) is 0 Å². The van der Waals surface area contributed by atoms with Crippen LogP contribution < -0.4 is 5.32 Å². The van der Waals surface area contributed by atoms with Gasteiger partial charge in [0.1, 0.15) is 0 Å².